The Kier molecular flexibility index (Phi) is 4.45. The molecule has 0 saturated carbocycles. The average Bonchev–Trinajstić information content (AvgIpc) is 2.89. The molecule has 1 fully saturated rings. The molecular weight excluding hydrogens is 301 g/mol. The predicted octanol–water partition coefficient (Wildman–Crippen LogP) is 3.81. The number of nitrogens with one attached hydrogen (secondary N) is 1. The molecule has 3 rings (SSSR count). The lowest BCUT2D eigenvalue weighted by Crippen LogP contribution is -2.55. The van der Waals surface area contributed by atoms with E-state index in [0.717, 1.165) is 56.3 Å². The van der Waals surface area contributed by atoms with Gasteiger partial charge in [-0.25, -0.2) is 0 Å². The fourth-order valence-corrected chi connectivity index (χ4v) is 4.23. The molecule has 1 aliphatic heterocycles. The second kappa shape index (κ2) is 6.10. The summed E-state index contributed by atoms with van der Waals surface area (Å²) in [5.41, 5.74) is 1.56. The van der Waals surface area contributed by atoms with Crippen LogP contribution in [-0.2, 0) is 12.6 Å². The highest BCUT2D eigenvalue weighted by Gasteiger charge is 2.39. The SMILES string of the molecule is CN(C)[C@]1(C[C@@H]2CCc3ccc(C(F)(F)F)cc32)CCCNC1. The number of hydrogen-bond donors (Lipinski definition) is 1. The van der Waals surface area contributed by atoms with Crippen LogP contribution in [0.4, 0.5) is 13.2 Å². The fourth-order valence-electron chi connectivity index (χ4n) is 4.23. The van der Waals surface area contributed by atoms with Crippen molar-refractivity contribution in [2.45, 2.75) is 49.7 Å². The van der Waals surface area contributed by atoms with E-state index >= 15 is 0 Å². The summed E-state index contributed by atoms with van der Waals surface area (Å²) < 4.78 is 39.1. The summed E-state index contributed by atoms with van der Waals surface area (Å²) in [4.78, 5) is 2.27. The number of nitrogens with zero attached hydrogens (tertiary/aromatic N) is 1. The van der Waals surface area contributed by atoms with Gasteiger partial charge in [-0.3, -0.25) is 0 Å². The standard InChI is InChI=1S/C18H25F3N2/c1-23(2)17(8-3-9-22-12-17)11-14-5-4-13-6-7-15(10-16(13)14)18(19,20)21/h6-7,10,14,22H,3-5,8-9,11-12H2,1-2H3/t14-,17-/m0/s1. The number of likely N-dealkylation sites (N-methyl/N-ethyl adjacent to an activating group) is 1. The third-order valence-corrected chi connectivity index (χ3v) is 5.70. The Morgan fingerprint density at radius 1 is 1.30 bits per heavy atom. The maximum absolute atomic E-state index is 13.0. The van der Waals surface area contributed by atoms with Crippen molar-refractivity contribution < 1.29 is 13.2 Å². The lowest BCUT2D eigenvalue weighted by molar-refractivity contribution is -0.137. The first-order valence-electron chi connectivity index (χ1n) is 8.40. The Labute approximate surface area is 136 Å². The van der Waals surface area contributed by atoms with Gasteiger partial charge in [-0.15, -0.1) is 0 Å². The van der Waals surface area contributed by atoms with Crippen molar-refractivity contribution in [3.63, 3.8) is 0 Å². The zero-order valence-corrected chi connectivity index (χ0v) is 13.8. The molecule has 1 aromatic carbocycles. The molecule has 5 heteroatoms. The van der Waals surface area contributed by atoms with Crippen LogP contribution < -0.4 is 5.32 Å². The van der Waals surface area contributed by atoms with Gasteiger partial charge in [0.25, 0.3) is 0 Å². The molecule has 0 bridgehead atoms. The number of aryl methyl sites for hydroxylation is 1. The molecule has 2 atom stereocenters. The van der Waals surface area contributed by atoms with Crippen LogP contribution in [0.3, 0.4) is 0 Å². The third kappa shape index (κ3) is 3.26. The summed E-state index contributed by atoms with van der Waals surface area (Å²) in [6.07, 6.45) is 0.772. The largest absolute Gasteiger partial charge is 0.416 e. The molecule has 1 aromatic rings. The first kappa shape index (κ1) is 16.8. The number of benzene rings is 1. The van der Waals surface area contributed by atoms with Crippen LogP contribution in [0.5, 0.6) is 0 Å². The first-order chi connectivity index (χ1) is 10.8. The summed E-state index contributed by atoms with van der Waals surface area (Å²) in [5.74, 6) is 0.231. The third-order valence-electron chi connectivity index (χ3n) is 5.70. The van der Waals surface area contributed by atoms with Crippen molar-refractivity contribution in [1.82, 2.24) is 10.2 Å². The van der Waals surface area contributed by atoms with E-state index in [1.807, 2.05) is 0 Å². The molecule has 1 N–H and O–H groups in total. The van der Waals surface area contributed by atoms with Crippen LogP contribution in [0.25, 0.3) is 0 Å². The van der Waals surface area contributed by atoms with Gasteiger partial charge in [-0.05, 0) is 81.9 Å². The minimum Gasteiger partial charge on any atom is -0.315 e. The normalized spacial score (nSPS) is 28.2. The molecule has 0 unspecified atom stereocenters. The number of rotatable bonds is 3. The Morgan fingerprint density at radius 2 is 2.09 bits per heavy atom. The summed E-state index contributed by atoms with van der Waals surface area (Å²) in [6.45, 7) is 1.96. The summed E-state index contributed by atoms with van der Waals surface area (Å²) >= 11 is 0. The van der Waals surface area contributed by atoms with Crippen molar-refractivity contribution in [3.8, 4) is 0 Å². The van der Waals surface area contributed by atoms with Crippen LogP contribution >= 0.6 is 0 Å². The zero-order valence-electron chi connectivity index (χ0n) is 13.8. The summed E-state index contributed by atoms with van der Waals surface area (Å²) in [5, 5.41) is 3.47. The van der Waals surface area contributed by atoms with Crippen molar-refractivity contribution in [1.29, 1.82) is 0 Å². The van der Waals surface area contributed by atoms with E-state index in [9.17, 15) is 13.2 Å². The number of hydrogen-bond acceptors (Lipinski definition) is 2. The minimum absolute atomic E-state index is 0.0543. The van der Waals surface area contributed by atoms with Crippen molar-refractivity contribution >= 4 is 0 Å². The van der Waals surface area contributed by atoms with E-state index in [1.165, 1.54) is 12.1 Å². The van der Waals surface area contributed by atoms with E-state index in [1.54, 1.807) is 6.07 Å². The second-order valence-corrected chi connectivity index (χ2v) is 7.25. The Balaban J connectivity index is 1.86. The lowest BCUT2D eigenvalue weighted by atomic mass is 9.78. The zero-order chi connectivity index (χ0) is 16.7. The molecule has 2 nitrogen and oxygen atoms in total. The van der Waals surface area contributed by atoms with Gasteiger partial charge in [0.1, 0.15) is 0 Å². The minimum atomic E-state index is -4.26. The van der Waals surface area contributed by atoms with Gasteiger partial charge in [-0.2, -0.15) is 13.2 Å². The van der Waals surface area contributed by atoms with Gasteiger partial charge in [0.2, 0.25) is 0 Å². The van der Waals surface area contributed by atoms with E-state index in [-0.39, 0.29) is 11.5 Å². The molecule has 0 spiro atoms. The topological polar surface area (TPSA) is 15.3 Å². The predicted molar refractivity (Wildman–Crippen MR) is 85.6 cm³/mol. The molecule has 128 valence electrons. The highest BCUT2D eigenvalue weighted by Crippen LogP contribution is 2.43. The van der Waals surface area contributed by atoms with E-state index in [0.29, 0.717) is 0 Å². The Hall–Kier alpha value is -1.07. The summed E-state index contributed by atoms with van der Waals surface area (Å²) in [7, 11) is 4.18. The number of piperidine rings is 1. The monoisotopic (exact) mass is 326 g/mol. The van der Waals surface area contributed by atoms with Gasteiger partial charge < -0.3 is 10.2 Å². The highest BCUT2D eigenvalue weighted by atomic mass is 19.4. The van der Waals surface area contributed by atoms with Gasteiger partial charge in [0, 0.05) is 12.1 Å². The van der Waals surface area contributed by atoms with Crippen LogP contribution in [0, 0.1) is 0 Å². The molecular formula is C18H25F3N2. The Morgan fingerprint density at radius 3 is 2.70 bits per heavy atom. The summed E-state index contributed by atoms with van der Waals surface area (Å²) in [6, 6.07) is 4.30. The molecule has 1 saturated heterocycles. The molecule has 23 heavy (non-hydrogen) atoms. The van der Waals surface area contributed by atoms with Crippen LogP contribution in [0.1, 0.15) is 48.3 Å². The van der Waals surface area contributed by atoms with Crippen molar-refractivity contribution in [3.05, 3.63) is 34.9 Å². The number of halogens is 3. The van der Waals surface area contributed by atoms with E-state index in [4.69, 9.17) is 0 Å². The molecule has 0 aromatic heterocycles. The average molecular weight is 326 g/mol. The van der Waals surface area contributed by atoms with E-state index < -0.39 is 11.7 Å². The maximum atomic E-state index is 13.0. The second-order valence-electron chi connectivity index (χ2n) is 7.25. The molecule has 1 aliphatic carbocycles. The van der Waals surface area contributed by atoms with Crippen LogP contribution in [0.15, 0.2) is 18.2 Å². The number of alkyl halides is 3. The van der Waals surface area contributed by atoms with Gasteiger partial charge in [0.15, 0.2) is 0 Å². The van der Waals surface area contributed by atoms with Gasteiger partial charge in [0.05, 0.1) is 5.56 Å². The quantitative estimate of drug-likeness (QED) is 0.909. The van der Waals surface area contributed by atoms with E-state index in [2.05, 4.69) is 24.3 Å². The Bertz CT molecular complexity index is 560. The van der Waals surface area contributed by atoms with Crippen molar-refractivity contribution in [2.24, 2.45) is 0 Å². The van der Waals surface area contributed by atoms with Crippen molar-refractivity contribution in [2.75, 3.05) is 27.2 Å². The van der Waals surface area contributed by atoms with Crippen LogP contribution in [-0.4, -0.2) is 37.6 Å². The molecule has 0 radical (unpaired) electrons. The maximum Gasteiger partial charge on any atom is 0.416 e. The lowest BCUT2D eigenvalue weighted by Gasteiger charge is -2.45. The first-order valence-corrected chi connectivity index (χ1v) is 8.40. The van der Waals surface area contributed by atoms with Crippen LogP contribution in [0.2, 0.25) is 0 Å². The molecule has 2 aliphatic rings. The molecule has 0 amide bonds. The van der Waals surface area contributed by atoms with Gasteiger partial charge in [-0.1, -0.05) is 6.07 Å². The van der Waals surface area contributed by atoms with Gasteiger partial charge >= 0.3 is 6.18 Å². The smallest absolute Gasteiger partial charge is 0.315 e. The highest BCUT2D eigenvalue weighted by molar-refractivity contribution is 5.39. The number of fused-ring (bicyclic) bond motifs is 1. The fraction of sp³-hybridized carbons (Fsp3) is 0.667. The molecule has 1 heterocycles.